The number of carbonyl (C=O) groups is 1. The molecule has 0 fully saturated rings. The Bertz CT molecular complexity index is 595. The van der Waals surface area contributed by atoms with Gasteiger partial charge in [-0.25, -0.2) is 0 Å². The highest BCUT2D eigenvalue weighted by atomic mass is 28.4. The molecule has 0 aliphatic heterocycles. The maximum Gasteiger partial charge on any atom is 0.155 e. The van der Waals surface area contributed by atoms with Crippen LogP contribution in [-0.2, 0) is 11.2 Å². The Balaban J connectivity index is 2.42. The van der Waals surface area contributed by atoms with Crippen molar-refractivity contribution in [2.24, 2.45) is 0 Å². The molecule has 0 unspecified atom stereocenters. The number of carbonyl (C=O) groups excluding carboxylic acids is 1. The normalized spacial score (nSPS) is 16.3. The summed E-state index contributed by atoms with van der Waals surface area (Å²) in [5.74, 6) is 0.302. The summed E-state index contributed by atoms with van der Waals surface area (Å²) in [6, 6.07) is 8.84. The quantitative estimate of drug-likeness (QED) is 0.667. The Morgan fingerprint density at radius 2 is 1.57 bits per heavy atom. The van der Waals surface area contributed by atoms with E-state index in [9.17, 15) is 4.79 Å². The van der Waals surface area contributed by atoms with E-state index in [2.05, 4.69) is 67.8 Å². The standard InChI is InChI=1S/C19H31NOSi2/c1-22(2,3)20(23(4,5)6)19-13-8-7-11-17(19)14-16-10-9-12-18(21)15-16/h7-8,11,13,15H,9-10,12,14H2,1-6H3. The number of hydrogen-bond acceptors (Lipinski definition) is 2. The van der Waals surface area contributed by atoms with Crippen molar-refractivity contribution in [3.05, 3.63) is 41.5 Å². The van der Waals surface area contributed by atoms with E-state index in [1.54, 1.807) is 0 Å². The third-order valence-corrected chi connectivity index (χ3v) is 11.5. The summed E-state index contributed by atoms with van der Waals surface area (Å²) in [5, 5.41) is 0. The van der Waals surface area contributed by atoms with Crippen LogP contribution >= 0.6 is 0 Å². The molecule has 2 nitrogen and oxygen atoms in total. The summed E-state index contributed by atoms with van der Waals surface area (Å²) in [7, 11) is -2.93. The number of allylic oxidation sites excluding steroid dienone is 2. The van der Waals surface area contributed by atoms with E-state index in [1.807, 2.05) is 6.08 Å². The molecule has 1 aliphatic carbocycles. The van der Waals surface area contributed by atoms with Crippen molar-refractivity contribution in [1.82, 2.24) is 0 Å². The van der Waals surface area contributed by atoms with Crippen LogP contribution in [0.5, 0.6) is 0 Å². The Morgan fingerprint density at radius 3 is 2.13 bits per heavy atom. The lowest BCUT2D eigenvalue weighted by molar-refractivity contribution is -0.115. The topological polar surface area (TPSA) is 20.3 Å². The molecular weight excluding hydrogens is 314 g/mol. The summed E-state index contributed by atoms with van der Waals surface area (Å²) in [6.07, 6.45) is 5.63. The summed E-state index contributed by atoms with van der Waals surface area (Å²) >= 11 is 0. The minimum atomic E-state index is -1.46. The average molecular weight is 346 g/mol. The Labute approximate surface area is 143 Å². The molecule has 0 saturated carbocycles. The maximum absolute atomic E-state index is 11.7. The SMILES string of the molecule is C[Si](C)(C)N(c1ccccc1CC1=CC(=O)CCC1)[Si](C)(C)C. The number of rotatable bonds is 5. The van der Waals surface area contributed by atoms with Crippen LogP contribution in [0.1, 0.15) is 24.8 Å². The van der Waals surface area contributed by atoms with Crippen LogP contribution in [0.3, 0.4) is 0 Å². The van der Waals surface area contributed by atoms with Gasteiger partial charge in [-0.2, -0.15) is 0 Å². The first-order chi connectivity index (χ1) is 10.6. The number of hydrogen-bond donors (Lipinski definition) is 0. The fraction of sp³-hybridized carbons (Fsp3) is 0.526. The fourth-order valence-electron chi connectivity index (χ4n) is 3.85. The van der Waals surface area contributed by atoms with Gasteiger partial charge in [0.15, 0.2) is 5.78 Å². The van der Waals surface area contributed by atoms with E-state index >= 15 is 0 Å². The van der Waals surface area contributed by atoms with Gasteiger partial charge in [0.05, 0.1) is 0 Å². The number of ketones is 1. The molecule has 0 amide bonds. The highest BCUT2D eigenvalue weighted by molar-refractivity contribution is 6.99. The lowest BCUT2D eigenvalue weighted by Gasteiger charge is -2.47. The van der Waals surface area contributed by atoms with Gasteiger partial charge in [-0.15, -0.1) is 0 Å². The van der Waals surface area contributed by atoms with E-state index in [-0.39, 0.29) is 0 Å². The molecule has 1 aromatic rings. The molecule has 1 aromatic carbocycles. The third kappa shape index (κ3) is 4.67. The zero-order valence-corrected chi connectivity index (χ0v) is 17.6. The van der Waals surface area contributed by atoms with Crippen molar-refractivity contribution >= 4 is 27.9 Å². The third-order valence-electron chi connectivity index (χ3n) is 4.28. The number of benzene rings is 1. The molecule has 0 spiro atoms. The van der Waals surface area contributed by atoms with Crippen LogP contribution in [0.4, 0.5) is 5.69 Å². The second kappa shape index (κ2) is 6.77. The highest BCUT2D eigenvalue weighted by Crippen LogP contribution is 2.33. The summed E-state index contributed by atoms with van der Waals surface area (Å²) < 4.78 is 2.78. The van der Waals surface area contributed by atoms with Crippen LogP contribution in [0.2, 0.25) is 39.3 Å². The van der Waals surface area contributed by atoms with E-state index in [1.165, 1.54) is 16.8 Å². The number of para-hydroxylation sites is 1. The molecule has 0 radical (unpaired) electrons. The molecule has 0 aromatic heterocycles. The zero-order valence-electron chi connectivity index (χ0n) is 15.6. The van der Waals surface area contributed by atoms with E-state index in [0.717, 1.165) is 25.7 Å². The van der Waals surface area contributed by atoms with Crippen molar-refractivity contribution in [2.75, 3.05) is 4.23 Å². The van der Waals surface area contributed by atoms with Gasteiger partial charge in [0.1, 0.15) is 16.5 Å². The fourth-order valence-corrected chi connectivity index (χ4v) is 13.8. The van der Waals surface area contributed by atoms with Gasteiger partial charge in [0, 0.05) is 12.1 Å². The molecule has 23 heavy (non-hydrogen) atoms. The number of nitrogens with zero attached hydrogens (tertiary/aromatic N) is 1. The summed E-state index contributed by atoms with van der Waals surface area (Å²) in [6.45, 7) is 14.6. The maximum atomic E-state index is 11.7. The van der Waals surface area contributed by atoms with Crippen LogP contribution in [0.15, 0.2) is 35.9 Å². The predicted molar refractivity (Wildman–Crippen MR) is 106 cm³/mol. The molecule has 0 heterocycles. The minimum absolute atomic E-state index is 0.302. The molecule has 0 saturated heterocycles. The second-order valence-corrected chi connectivity index (χ2v) is 18.6. The zero-order chi connectivity index (χ0) is 17.3. The molecule has 2 rings (SSSR count). The predicted octanol–water partition coefficient (Wildman–Crippen LogP) is 5.38. The Morgan fingerprint density at radius 1 is 0.957 bits per heavy atom. The largest absolute Gasteiger partial charge is 0.424 e. The highest BCUT2D eigenvalue weighted by Gasteiger charge is 2.35. The lowest BCUT2D eigenvalue weighted by atomic mass is 9.93. The Hall–Kier alpha value is -1.14. The Kier molecular flexibility index (Phi) is 5.36. The smallest absolute Gasteiger partial charge is 0.155 e. The van der Waals surface area contributed by atoms with Gasteiger partial charge >= 0.3 is 0 Å². The monoisotopic (exact) mass is 345 g/mol. The van der Waals surface area contributed by atoms with Gasteiger partial charge in [0.25, 0.3) is 0 Å². The summed E-state index contributed by atoms with van der Waals surface area (Å²) in [4.78, 5) is 11.7. The molecule has 4 heteroatoms. The first-order valence-electron chi connectivity index (χ1n) is 8.69. The van der Waals surface area contributed by atoms with E-state index < -0.39 is 16.5 Å². The van der Waals surface area contributed by atoms with Crippen molar-refractivity contribution in [3.63, 3.8) is 0 Å². The van der Waals surface area contributed by atoms with Gasteiger partial charge in [-0.1, -0.05) is 63.1 Å². The van der Waals surface area contributed by atoms with Crippen LogP contribution < -0.4 is 4.23 Å². The second-order valence-electron chi connectivity index (χ2n) is 8.60. The van der Waals surface area contributed by atoms with E-state index in [4.69, 9.17) is 0 Å². The van der Waals surface area contributed by atoms with Gasteiger partial charge in [-0.3, -0.25) is 4.79 Å². The molecule has 0 atom stereocenters. The first kappa shape index (κ1) is 18.2. The molecule has 0 N–H and O–H groups in total. The van der Waals surface area contributed by atoms with Gasteiger partial charge in [-0.05, 0) is 37.0 Å². The lowest BCUT2D eigenvalue weighted by Crippen LogP contribution is -2.59. The van der Waals surface area contributed by atoms with Crippen LogP contribution in [-0.4, -0.2) is 22.3 Å². The van der Waals surface area contributed by atoms with E-state index in [0.29, 0.717) is 5.78 Å². The van der Waals surface area contributed by atoms with Crippen molar-refractivity contribution in [3.8, 4) is 0 Å². The molecule has 1 aliphatic rings. The molecular formula is C19H31NOSi2. The van der Waals surface area contributed by atoms with Crippen LogP contribution in [0, 0.1) is 0 Å². The molecule has 126 valence electrons. The average Bonchev–Trinajstić information content (AvgIpc) is 2.38. The van der Waals surface area contributed by atoms with Crippen molar-refractivity contribution < 1.29 is 4.79 Å². The first-order valence-corrected chi connectivity index (χ1v) is 15.6. The number of anilines is 1. The van der Waals surface area contributed by atoms with Crippen molar-refractivity contribution in [2.45, 2.75) is 65.0 Å². The van der Waals surface area contributed by atoms with Crippen molar-refractivity contribution in [1.29, 1.82) is 0 Å². The van der Waals surface area contributed by atoms with Crippen LogP contribution in [0.25, 0.3) is 0 Å². The minimum Gasteiger partial charge on any atom is -0.424 e. The molecule has 0 bridgehead atoms. The summed E-state index contributed by atoms with van der Waals surface area (Å²) in [5.41, 5.74) is 4.10. The van der Waals surface area contributed by atoms with Gasteiger partial charge in [0.2, 0.25) is 0 Å². The van der Waals surface area contributed by atoms with Gasteiger partial charge < -0.3 is 4.23 Å².